The molecule has 6 rings (SSSR count). The molecule has 1 aliphatic rings. The average molecular weight is 600 g/mol. The van der Waals surface area contributed by atoms with Crippen molar-refractivity contribution in [1.82, 2.24) is 24.8 Å². The number of hydrogen-bond donors (Lipinski definition) is 0. The first-order valence-corrected chi connectivity index (χ1v) is 13.6. The fourth-order valence-electron chi connectivity index (χ4n) is 4.93. The lowest BCUT2D eigenvalue weighted by Gasteiger charge is -2.33. The third kappa shape index (κ3) is 4.75. The van der Waals surface area contributed by atoms with E-state index in [0.717, 1.165) is 26.7 Å². The Bertz CT molecular complexity index is 1730. The topological polar surface area (TPSA) is 93.7 Å². The lowest BCUT2D eigenvalue weighted by atomic mass is 10.0. The van der Waals surface area contributed by atoms with Crippen LogP contribution in [0.25, 0.3) is 27.8 Å². The van der Waals surface area contributed by atoms with Crippen LogP contribution in [0.4, 0.5) is 0 Å². The third-order valence-electron chi connectivity index (χ3n) is 7.07. The molecule has 202 valence electrons. The van der Waals surface area contributed by atoms with Gasteiger partial charge < -0.3 is 19.0 Å². The van der Waals surface area contributed by atoms with Gasteiger partial charge in [0.05, 0.1) is 25.5 Å². The van der Waals surface area contributed by atoms with Gasteiger partial charge in [0.25, 0.3) is 5.91 Å². The van der Waals surface area contributed by atoms with Crippen LogP contribution >= 0.6 is 15.9 Å². The first-order valence-electron chi connectivity index (χ1n) is 12.8. The maximum atomic E-state index is 13.7. The molecule has 10 heteroatoms. The van der Waals surface area contributed by atoms with Gasteiger partial charge in [0, 0.05) is 34.6 Å². The molecule has 9 nitrogen and oxygen atoms in total. The molecule has 1 fully saturated rings. The van der Waals surface area contributed by atoms with Gasteiger partial charge >= 0.3 is 0 Å². The van der Waals surface area contributed by atoms with Crippen LogP contribution in [-0.4, -0.2) is 63.4 Å². The number of aromatic nitrogens is 3. The number of nitrogens with zero attached hydrogens (tertiary/aromatic N) is 5. The third-order valence-corrected chi connectivity index (χ3v) is 8.10. The van der Waals surface area contributed by atoms with Gasteiger partial charge in [-0.2, -0.15) is 0 Å². The summed E-state index contributed by atoms with van der Waals surface area (Å²) >= 11 is 3.61. The standard InChI is InChI=1S/C30H26BrN5O4/c1-19-7-6-10-24(28(19)31)36-17-21(32-33-36)16-34-13-14-35(18-26(34)37)30(38)29-27(20-8-4-3-5-9-20)23-12-11-22(39-2)15-25(23)40-29/h3-12,15,17H,13-14,16,18H2,1-2H3. The predicted octanol–water partition coefficient (Wildman–Crippen LogP) is 5.24. The van der Waals surface area contributed by atoms with Crippen molar-refractivity contribution in [2.75, 3.05) is 26.7 Å². The SMILES string of the molecule is COc1ccc2c(-c3ccccc3)c(C(=O)N3CCN(Cc4cn(-c5cccc(C)c5Br)nn4)C(=O)C3)oc2c1. The monoisotopic (exact) mass is 599 g/mol. The molecule has 3 aromatic carbocycles. The molecular formula is C30H26BrN5O4. The number of ether oxygens (including phenoxy) is 1. The van der Waals surface area contributed by atoms with Gasteiger partial charge in [-0.25, -0.2) is 4.68 Å². The maximum Gasteiger partial charge on any atom is 0.290 e. The lowest BCUT2D eigenvalue weighted by Crippen LogP contribution is -2.51. The Hall–Kier alpha value is -4.44. The van der Waals surface area contributed by atoms with Crippen molar-refractivity contribution in [1.29, 1.82) is 0 Å². The molecule has 2 aromatic heterocycles. The number of hydrogen-bond acceptors (Lipinski definition) is 6. The van der Waals surface area contributed by atoms with Gasteiger partial charge in [0.15, 0.2) is 0 Å². The quantitative estimate of drug-likeness (QED) is 0.265. The lowest BCUT2D eigenvalue weighted by molar-refractivity contribution is -0.135. The van der Waals surface area contributed by atoms with Gasteiger partial charge in [0.1, 0.15) is 23.6 Å². The summed E-state index contributed by atoms with van der Waals surface area (Å²) in [5.41, 5.74) is 4.75. The van der Waals surface area contributed by atoms with E-state index in [9.17, 15) is 9.59 Å². The molecule has 2 amide bonds. The Labute approximate surface area is 239 Å². The summed E-state index contributed by atoms with van der Waals surface area (Å²) in [6.07, 6.45) is 1.82. The normalized spacial score (nSPS) is 13.7. The van der Waals surface area contributed by atoms with E-state index in [0.29, 0.717) is 42.2 Å². The summed E-state index contributed by atoms with van der Waals surface area (Å²) in [5.74, 6) is 0.361. The Morgan fingerprint density at radius 2 is 1.90 bits per heavy atom. The number of carbonyl (C=O) groups is 2. The summed E-state index contributed by atoms with van der Waals surface area (Å²) in [4.78, 5) is 30.1. The molecule has 3 heterocycles. The number of rotatable bonds is 6. The fourth-order valence-corrected chi connectivity index (χ4v) is 5.38. The van der Waals surface area contributed by atoms with E-state index >= 15 is 0 Å². The number of amides is 2. The largest absolute Gasteiger partial charge is 0.497 e. The highest BCUT2D eigenvalue weighted by atomic mass is 79.9. The second kappa shape index (κ2) is 10.6. The fraction of sp³-hybridized carbons (Fsp3) is 0.200. The summed E-state index contributed by atoms with van der Waals surface area (Å²) in [6, 6.07) is 21.1. The Morgan fingerprint density at radius 1 is 1.07 bits per heavy atom. The van der Waals surface area contributed by atoms with Crippen molar-refractivity contribution < 1.29 is 18.7 Å². The number of aryl methyl sites for hydroxylation is 1. The number of benzene rings is 3. The molecule has 0 N–H and O–H groups in total. The molecule has 1 aliphatic heterocycles. The van der Waals surface area contributed by atoms with Gasteiger partial charge in [-0.05, 0) is 52.2 Å². The van der Waals surface area contributed by atoms with Crippen LogP contribution in [0.5, 0.6) is 5.75 Å². The van der Waals surface area contributed by atoms with E-state index in [1.165, 1.54) is 0 Å². The Kier molecular flexibility index (Phi) is 6.85. The molecule has 0 radical (unpaired) electrons. The predicted molar refractivity (Wildman–Crippen MR) is 153 cm³/mol. The van der Waals surface area contributed by atoms with E-state index in [4.69, 9.17) is 9.15 Å². The summed E-state index contributed by atoms with van der Waals surface area (Å²) in [6.45, 7) is 3.02. The highest BCUT2D eigenvalue weighted by Crippen LogP contribution is 2.37. The van der Waals surface area contributed by atoms with Crippen molar-refractivity contribution in [2.24, 2.45) is 0 Å². The zero-order valence-corrected chi connectivity index (χ0v) is 23.6. The number of furan rings is 1. The van der Waals surface area contributed by atoms with E-state index < -0.39 is 0 Å². The molecule has 40 heavy (non-hydrogen) atoms. The van der Waals surface area contributed by atoms with Crippen LogP contribution < -0.4 is 4.74 Å². The highest BCUT2D eigenvalue weighted by molar-refractivity contribution is 9.10. The second-order valence-electron chi connectivity index (χ2n) is 9.64. The zero-order valence-electron chi connectivity index (χ0n) is 22.0. The second-order valence-corrected chi connectivity index (χ2v) is 10.4. The molecule has 0 aliphatic carbocycles. The number of halogens is 1. The van der Waals surface area contributed by atoms with Gasteiger partial charge in [-0.3, -0.25) is 9.59 Å². The first-order chi connectivity index (χ1) is 19.4. The first kappa shape index (κ1) is 25.8. The van der Waals surface area contributed by atoms with Crippen LogP contribution in [0.1, 0.15) is 21.8 Å². The molecule has 0 atom stereocenters. The summed E-state index contributed by atoms with van der Waals surface area (Å²) in [5, 5.41) is 9.32. The van der Waals surface area contributed by atoms with Crippen molar-refractivity contribution >= 4 is 38.7 Å². The van der Waals surface area contributed by atoms with Crippen molar-refractivity contribution in [3.8, 4) is 22.6 Å². The van der Waals surface area contributed by atoms with E-state index in [1.807, 2.05) is 73.8 Å². The van der Waals surface area contributed by atoms with Crippen molar-refractivity contribution in [3.05, 3.63) is 94.4 Å². The van der Waals surface area contributed by atoms with Crippen molar-refractivity contribution in [3.63, 3.8) is 0 Å². The molecule has 0 saturated carbocycles. The van der Waals surface area contributed by atoms with Crippen LogP contribution in [0.3, 0.4) is 0 Å². The minimum absolute atomic E-state index is 0.0506. The van der Waals surface area contributed by atoms with Crippen LogP contribution in [0, 0.1) is 6.92 Å². The van der Waals surface area contributed by atoms with E-state index in [2.05, 4.69) is 26.2 Å². The average Bonchev–Trinajstić information content (AvgIpc) is 3.60. The number of fused-ring (bicyclic) bond motifs is 1. The van der Waals surface area contributed by atoms with Crippen LogP contribution in [0.15, 0.2) is 81.8 Å². The van der Waals surface area contributed by atoms with Gasteiger partial charge in [-0.15, -0.1) is 5.10 Å². The zero-order chi connectivity index (χ0) is 27.8. The molecule has 1 saturated heterocycles. The summed E-state index contributed by atoms with van der Waals surface area (Å²) in [7, 11) is 1.58. The van der Waals surface area contributed by atoms with E-state index in [1.54, 1.807) is 27.7 Å². The Balaban J connectivity index is 1.21. The molecule has 5 aromatic rings. The number of carbonyl (C=O) groups excluding carboxylic acids is 2. The minimum atomic E-state index is -0.322. The van der Waals surface area contributed by atoms with Crippen LogP contribution in [0.2, 0.25) is 0 Å². The van der Waals surface area contributed by atoms with Gasteiger partial charge in [0.2, 0.25) is 11.7 Å². The van der Waals surface area contributed by atoms with Crippen LogP contribution in [-0.2, 0) is 11.3 Å². The highest BCUT2D eigenvalue weighted by Gasteiger charge is 2.32. The number of piperazine rings is 1. The smallest absolute Gasteiger partial charge is 0.290 e. The van der Waals surface area contributed by atoms with Gasteiger partial charge in [-0.1, -0.05) is 47.7 Å². The van der Waals surface area contributed by atoms with E-state index in [-0.39, 0.29) is 24.1 Å². The molecular weight excluding hydrogens is 574 g/mol. The number of methoxy groups -OCH3 is 1. The minimum Gasteiger partial charge on any atom is -0.497 e. The van der Waals surface area contributed by atoms with Crippen molar-refractivity contribution in [2.45, 2.75) is 13.5 Å². The molecule has 0 spiro atoms. The molecule has 0 bridgehead atoms. The summed E-state index contributed by atoms with van der Waals surface area (Å²) < 4.78 is 14.1. The molecule has 0 unspecified atom stereocenters. The Morgan fingerprint density at radius 3 is 2.67 bits per heavy atom. The maximum absolute atomic E-state index is 13.7.